The number of halogens is 1. The highest BCUT2D eigenvalue weighted by Gasteiger charge is 2.15. The monoisotopic (exact) mass is 381 g/mol. The van der Waals surface area contributed by atoms with E-state index in [-0.39, 0.29) is 5.82 Å². The molecule has 0 atom stereocenters. The Labute approximate surface area is 168 Å². The van der Waals surface area contributed by atoms with Gasteiger partial charge in [-0.2, -0.15) is 5.26 Å². The van der Waals surface area contributed by atoms with Crippen LogP contribution in [-0.4, -0.2) is 4.98 Å². The number of nitrogens with zero attached hydrogens (tertiary/aromatic N) is 2. The van der Waals surface area contributed by atoms with Crippen LogP contribution in [0.1, 0.15) is 5.56 Å². The molecule has 4 heteroatoms. The van der Waals surface area contributed by atoms with E-state index in [0.29, 0.717) is 16.3 Å². The van der Waals surface area contributed by atoms with Crippen molar-refractivity contribution in [2.24, 2.45) is 0 Å². The maximum absolute atomic E-state index is 9.61. The molecule has 0 amide bonds. The molecule has 4 rings (SSSR count). The zero-order valence-electron chi connectivity index (χ0n) is 14.9. The summed E-state index contributed by atoms with van der Waals surface area (Å²) >= 11 is 6.33. The molecular formula is C24H16ClN3. The second-order valence-corrected chi connectivity index (χ2v) is 6.76. The second kappa shape index (κ2) is 7.56. The summed E-state index contributed by atoms with van der Waals surface area (Å²) in [7, 11) is 0. The van der Waals surface area contributed by atoms with Crippen LogP contribution in [0.4, 0.5) is 5.82 Å². The van der Waals surface area contributed by atoms with Gasteiger partial charge in [-0.05, 0) is 28.8 Å². The smallest absolute Gasteiger partial charge is 0.142 e. The average Bonchev–Trinajstić information content (AvgIpc) is 2.74. The minimum atomic E-state index is 0.196. The van der Waals surface area contributed by atoms with Gasteiger partial charge in [-0.25, -0.2) is 4.98 Å². The molecule has 1 aromatic heterocycles. The van der Waals surface area contributed by atoms with Crippen LogP contribution in [0.3, 0.4) is 0 Å². The highest BCUT2D eigenvalue weighted by Crippen LogP contribution is 2.34. The van der Waals surface area contributed by atoms with E-state index in [1.165, 1.54) is 0 Å². The summed E-state index contributed by atoms with van der Waals surface area (Å²) in [4.78, 5) is 4.40. The lowest BCUT2D eigenvalue weighted by molar-refractivity contribution is 1.31. The Morgan fingerprint density at radius 1 is 0.750 bits per heavy atom. The molecular weight excluding hydrogens is 366 g/mol. The molecule has 3 aromatic carbocycles. The molecule has 0 fully saturated rings. The normalized spacial score (nSPS) is 10.4. The van der Waals surface area contributed by atoms with Crippen LogP contribution in [0.5, 0.6) is 0 Å². The van der Waals surface area contributed by atoms with Gasteiger partial charge in [-0.1, -0.05) is 84.4 Å². The van der Waals surface area contributed by atoms with Crippen molar-refractivity contribution < 1.29 is 0 Å². The third-order valence-corrected chi connectivity index (χ3v) is 4.94. The molecule has 0 unspecified atom stereocenters. The highest BCUT2D eigenvalue weighted by molar-refractivity contribution is 6.33. The molecule has 0 aliphatic rings. The number of nitrogen functional groups attached to an aromatic ring is 1. The fourth-order valence-electron chi connectivity index (χ4n) is 3.19. The van der Waals surface area contributed by atoms with Crippen molar-refractivity contribution in [2.75, 3.05) is 5.73 Å². The lowest BCUT2D eigenvalue weighted by Gasteiger charge is -2.12. The van der Waals surface area contributed by atoms with E-state index in [1.54, 1.807) is 6.07 Å². The quantitative estimate of drug-likeness (QED) is 0.460. The molecule has 0 aliphatic carbocycles. The van der Waals surface area contributed by atoms with Crippen LogP contribution < -0.4 is 5.73 Å². The molecule has 0 radical (unpaired) electrons. The van der Waals surface area contributed by atoms with Gasteiger partial charge in [-0.15, -0.1) is 0 Å². The maximum atomic E-state index is 9.61. The van der Waals surface area contributed by atoms with Crippen LogP contribution >= 0.6 is 11.6 Å². The predicted molar refractivity (Wildman–Crippen MR) is 115 cm³/mol. The third-order valence-electron chi connectivity index (χ3n) is 4.61. The van der Waals surface area contributed by atoms with Gasteiger partial charge < -0.3 is 5.73 Å². The van der Waals surface area contributed by atoms with Crippen LogP contribution in [0.25, 0.3) is 33.5 Å². The topological polar surface area (TPSA) is 62.7 Å². The Morgan fingerprint density at radius 2 is 1.36 bits per heavy atom. The molecule has 28 heavy (non-hydrogen) atoms. The van der Waals surface area contributed by atoms with Crippen molar-refractivity contribution in [2.45, 2.75) is 0 Å². The Balaban J connectivity index is 1.83. The minimum absolute atomic E-state index is 0.196. The number of rotatable bonds is 3. The Bertz CT molecular complexity index is 1180. The number of pyridine rings is 1. The Morgan fingerprint density at radius 3 is 2.04 bits per heavy atom. The zero-order valence-corrected chi connectivity index (χ0v) is 15.7. The van der Waals surface area contributed by atoms with E-state index >= 15 is 0 Å². The van der Waals surface area contributed by atoms with E-state index in [9.17, 15) is 5.26 Å². The first-order valence-electron chi connectivity index (χ1n) is 8.79. The van der Waals surface area contributed by atoms with Gasteiger partial charge in [0.2, 0.25) is 0 Å². The van der Waals surface area contributed by atoms with Crippen LogP contribution in [0.15, 0.2) is 84.9 Å². The van der Waals surface area contributed by atoms with Gasteiger partial charge in [0.1, 0.15) is 17.5 Å². The zero-order chi connectivity index (χ0) is 19.5. The van der Waals surface area contributed by atoms with Gasteiger partial charge in [0.05, 0.1) is 5.69 Å². The van der Waals surface area contributed by atoms with Gasteiger partial charge in [-0.3, -0.25) is 0 Å². The molecule has 2 N–H and O–H groups in total. The highest BCUT2D eigenvalue weighted by atomic mass is 35.5. The molecule has 0 bridgehead atoms. The summed E-state index contributed by atoms with van der Waals surface area (Å²) in [5.41, 5.74) is 11.8. The van der Waals surface area contributed by atoms with Crippen LogP contribution in [0.2, 0.25) is 5.02 Å². The lowest BCUT2D eigenvalue weighted by atomic mass is 9.96. The SMILES string of the molecule is N#Cc1c(-c2ccc(-c3ccccc3)cc2)cc(-c2ccccc2Cl)nc1N. The van der Waals surface area contributed by atoms with E-state index in [2.05, 4.69) is 23.2 Å². The van der Waals surface area contributed by atoms with Crippen LogP contribution in [0, 0.1) is 11.3 Å². The number of nitriles is 1. The van der Waals surface area contributed by atoms with Crippen molar-refractivity contribution in [3.63, 3.8) is 0 Å². The Kier molecular flexibility index (Phi) is 4.80. The van der Waals surface area contributed by atoms with Crippen molar-refractivity contribution in [1.82, 2.24) is 4.98 Å². The number of hydrogen-bond donors (Lipinski definition) is 1. The summed E-state index contributed by atoms with van der Waals surface area (Å²) in [6.45, 7) is 0. The van der Waals surface area contributed by atoms with Crippen molar-refractivity contribution in [3.8, 4) is 39.6 Å². The van der Waals surface area contributed by atoms with Gasteiger partial charge in [0, 0.05) is 16.1 Å². The molecule has 134 valence electrons. The first-order chi connectivity index (χ1) is 13.7. The summed E-state index contributed by atoms with van der Waals surface area (Å²) in [5, 5.41) is 10.2. The molecule has 0 saturated carbocycles. The molecule has 3 nitrogen and oxygen atoms in total. The summed E-state index contributed by atoms with van der Waals surface area (Å²) < 4.78 is 0. The number of anilines is 1. The number of nitrogens with two attached hydrogens (primary N) is 1. The lowest BCUT2D eigenvalue weighted by Crippen LogP contribution is -2.00. The first kappa shape index (κ1) is 17.8. The number of benzene rings is 3. The summed E-state index contributed by atoms with van der Waals surface area (Å²) in [6, 6.07) is 29.7. The molecule has 0 saturated heterocycles. The van der Waals surface area contributed by atoms with Gasteiger partial charge >= 0.3 is 0 Å². The predicted octanol–water partition coefficient (Wildman–Crippen LogP) is 6.19. The summed E-state index contributed by atoms with van der Waals surface area (Å²) in [6.07, 6.45) is 0. The average molecular weight is 382 g/mol. The van der Waals surface area contributed by atoms with E-state index in [0.717, 1.165) is 27.8 Å². The van der Waals surface area contributed by atoms with Gasteiger partial charge in [0.15, 0.2) is 0 Å². The first-order valence-corrected chi connectivity index (χ1v) is 9.16. The fourth-order valence-corrected chi connectivity index (χ4v) is 3.42. The van der Waals surface area contributed by atoms with Crippen molar-refractivity contribution >= 4 is 17.4 Å². The molecule has 4 aromatic rings. The van der Waals surface area contributed by atoms with E-state index in [4.69, 9.17) is 17.3 Å². The third kappa shape index (κ3) is 3.34. The fraction of sp³-hybridized carbons (Fsp3) is 0. The molecule has 1 heterocycles. The minimum Gasteiger partial charge on any atom is -0.383 e. The largest absolute Gasteiger partial charge is 0.383 e. The second-order valence-electron chi connectivity index (χ2n) is 6.35. The van der Waals surface area contributed by atoms with Crippen molar-refractivity contribution in [3.05, 3.63) is 95.5 Å². The van der Waals surface area contributed by atoms with Crippen molar-refractivity contribution in [1.29, 1.82) is 5.26 Å². The van der Waals surface area contributed by atoms with Crippen LogP contribution in [-0.2, 0) is 0 Å². The number of hydrogen-bond acceptors (Lipinski definition) is 3. The number of aromatic nitrogens is 1. The maximum Gasteiger partial charge on any atom is 0.142 e. The Hall–Kier alpha value is -3.61. The molecule has 0 aliphatic heterocycles. The van der Waals surface area contributed by atoms with E-state index < -0.39 is 0 Å². The van der Waals surface area contributed by atoms with Gasteiger partial charge in [0.25, 0.3) is 0 Å². The summed E-state index contributed by atoms with van der Waals surface area (Å²) in [5.74, 6) is 0.196. The molecule has 0 spiro atoms. The van der Waals surface area contributed by atoms with E-state index in [1.807, 2.05) is 66.7 Å². The standard InChI is InChI=1S/C24H16ClN3/c25-22-9-5-4-8-19(22)23-14-20(21(15-26)24(27)28-23)18-12-10-17(11-13-18)16-6-2-1-3-7-16/h1-14H,(H2,27,28).